The largest absolute Gasteiger partial charge is 0.290 e. The lowest BCUT2D eigenvalue weighted by Gasteiger charge is -2.11. The van der Waals surface area contributed by atoms with Crippen LogP contribution in [0.5, 0.6) is 0 Å². The fourth-order valence-electron chi connectivity index (χ4n) is 3.56. The molecule has 0 bridgehead atoms. The lowest BCUT2D eigenvalue weighted by Crippen LogP contribution is -2.42. The van der Waals surface area contributed by atoms with Gasteiger partial charge in [-0.3, -0.25) is 35.3 Å². The molecule has 0 radical (unpaired) electrons. The summed E-state index contributed by atoms with van der Waals surface area (Å²) in [6, 6.07) is 12.6. The quantitative estimate of drug-likeness (QED) is 0.235. The van der Waals surface area contributed by atoms with Crippen molar-refractivity contribution < 1.29 is 14.5 Å². The zero-order chi connectivity index (χ0) is 24.2. The van der Waals surface area contributed by atoms with Crippen LogP contribution in [-0.2, 0) is 6.54 Å². The van der Waals surface area contributed by atoms with Gasteiger partial charge in [0.2, 0.25) is 0 Å². The average Bonchev–Trinajstić information content (AvgIpc) is 3.27. The zero-order valence-electron chi connectivity index (χ0n) is 18.2. The normalized spacial score (nSPS) is 11.0. The maximum atomic E-state index is 12.9. The highest BCUT2D eigenvalue weighted by atomic mass is 32.1. The van der Waals surface area contributed by atoms with Crippen LogP contribution in [0, 0.1) is 10.1 Å². The van der Waals surface area contributed by atoms with Gasteiger partial charge >= 0.3 is 0 Å². The van der Waals surface area contributed by atoms with Gasteiger partial charge in [-0.25, -0.2) is 4.68 Å². The van der Waals surface area contributed by atoms with Crippen molar-refractivity contribution in [3.63, 3.8) is 0 Å². The van der Waals surface area contributed by atoms with Gasteiger partial charge in [0, 0.05) is 34.1 Å². The molecular formula is C23H21N5O5S. The van der Waals surface area contributed by atoms with Crippen LogP contribution >= 0.6 is 11.3 Å². The van der Waals surface area contributed by atoms with E-state index in [4.69, 9.17) is 0 Å². The lowest BCUT2D eigenvalue weighted by molar-refractivity contribution is -0.384. The zero-order valence-corrected chi connectivity index (χ0v) is 19.1. The first-order valence-corrected chi connectivity index (χ1v) is 11.5. The summed E-state index contributed by atoms with van der Waals surface area (Å²) in [6.07, 6.45) is 2.66. The number of rotatable bonds is 7. The molecule has 2 amide bonds. The van der Waals surface area contributed by atoms with Gasteiger partial charge in [0.05, 0.1) is 15.2 Å². The first kappa shape index (κ1) is 23.1. The Labute approximate surface area is 197 Å². The second kappa shape index (κ2) is 9.79. The highest BCUT2D eigenvalue weighted by molar-refractivity contribution is 7.20. The monoisotopic (exact) mass is 479 g/mol. The summed E-state index contributed by atoms with van der Waals surface area (Å²) in [7, 11) is 0. The summed E-state index contributed by atoms with van der Waals surface area (Å²) in [5.74, 6) is -1.23. The third kappa shape index (κ3) is 4.64. The average molecular weight is 480 g/mol. The summed E-state index contributed by atoms with van der Waals surface area (Å²) < 4.78 is 1.99. The summed E-state index contributed by atoms with van der Waals surface area (Å²) >= 11 is 1.14. The number of thiophene rings is 1. The molecule has 0 aliphatic rings. The minimum absolute atomic E-state index is 0.0268. The van der Waals surface area contributed by atoms with Gasteiger partial charge in [-0.2, -0.15) is 5.10 Å². The number of carbonyl (C=O) groups excluding carboxylic acids is 2. The third-order valence-corrected chi connectivity index (χ3v) is 6.40. The highest BCUT2D eigenvalue weighted by Gasteiger charge is 2.19. The predicted molar refractivity (Wildman–Crippen MR) is 129 cm³/mol. The Morgan fingerprint density at radius 3 is 2.53 bits per heavy atom. The Morgan fingerprint density at radius 2 is 1.79 bits per heavy atom. The first-order valence-electron chi connectivity index (χ1n) is 10.7. The van der Waals surface area contributed by atoms with E-state index in [1.807, 2.05) is 0 Å². The summed E-state index contributed by atoms with van der Waals surface area (Å²) in [6.45, 7) is 2.44. The predicted octanol–water partition coefficient (Wildman–Crippen LogP) is 3.78. The molecule has 0 fully saturated rings. The van der Waals surface area contributed by atoms with Crippen LogP contribution in [0.15, 0.2) is 53.3 Å². The van der Waals surface area contributed by atoms with Gasteiger partial charge < -0.3 is 0 Å². The number of amides is 2. The number of hydrogen-bond acceptors (Lipinski definition) is 7. The topological polar surface area (TPSA) is 136 Å². The fraction of sp³-hybridized carbons (Fsp3) is 0.217. The number of fused-ring (bicyclic) bond motifs is 2. The summed E-state index contributed by atoms with van der Waals surface area (Å²) in [5, 5.41) is 16.5. The van der Waals surface area contributed by atoms with Crippen molar-refractivity contribution in [2.24, 2.45) is 0 Å². The van der Waals surface area contributed by atoms with Gasteiger partial charge in [-0.05, 0) is 24.6 Å². The number of nitrogens with one attached hydrogen (secondary N) is 2. The molecule has 2 heterocycles. The number of nitro groups is 1. The Balaban J connectivity index is 1.55. The number of nitro benzene ring substituents is 1. The summed E-state index contributed by atoms with van der Waals surface area (Å²) in [4.78, 5) is 49.0. The van der Waals surface area contributed by atoms with Crippen LogP contribution in [0.25, 0.3) is 20.9 Å². The molecule has 0 aliphatic carbocycles. The van der Waals surface area contributed by atoms with Crippen LogP contribution < -0.4 is 16.4 Å². The first-order chi connectivity index (χ1) is 16.4. The fourth-order valence-corrected chi connectivity index (χ4v) is 4.49. The van der Waals surface area contributed by atoms with Gasteiger partial charge in [0.25, 0.3) is 23.1 Å². The maximum Gasteiger partial charge on any atom is 0.290 e. The molecule has 174 valence electrons. The number of aromatic nitrogens is 2. The molecule has 0 spiro atoms. The molecule has 0 unspecified atom stereocenters. The van der Waals surface area contributed by atoms with E-state index in [1.54, 1.807) is 30.3 Å². The molecule has 0 atom stereocenters. The molecule has 11 heteroatoms. The van der Waals surface area contributed by atoms with E-state index in [9.17, 15) is 24.5 Å². The van der Waals surface area contributed by atoms with Crippen LogP contribution in [-0.4, -0.2) is 26.5 Å². The van der Waals surface area contributed by atoms with Gasteiger partial charge in [-0.15, -0.1) is 11.3 Å². The number of unbranched alkanes of at least 4 members (excludes halogenated alkanes) is 2. The standard InChI is InChI=1S/C23H21N5O5S/c1-2-3-6-11-27-23(31)17-8-5-4-7-16(17)20(26-27)22(30)25-24-21(29)19-13-14-12-15(28(32)33)9-10-18(14)34-19/h4-5,7-10,12-13H,2-3,6,11H2,1H3,(H,24,29)(H,25,30). The van der Waals surface area contributed by atoms with E-state index >= 15 is 0 Å². The van der Waals surface area contributed by atoms with E-state index < -0.39 is 16.7 Å². The SMILES string of the molecule is CCCCCn1nc(C(=O)NNC(=O)c2cc3cc([N+](=O)[O-])ccc3s2)c2ccccc2c1=O. The summed E-state index contributed by atoms with van der Waals surface area (Å²) in [5.41, 5.74) is 4.40. The lowest BCUT2D eigenvalue weighted by atomic mass is 10.1. The number of benzene rings is 2. The minimum Gasteiger partial charge on any atom is -0.267 e. The second-order valence-corrected chi connectivity index (χ2v) is 8.71. The smallest absolute Gasteiger partial charge is 0.267 e. The van der Waals surface area contributed by atoms with Crippen molar-refractivity contribution in [3.05, 3.63) is 79.6 Å². The highest BCUT2D eigenvalue weighted by Crippen LogP contribution is 2.28. The Kier molecular flexibility index (Phi) is 6.64. The molecule has 0 aliphatic heterocycles. The van der Waals surface area contributed by atoms with Gasteiger partial charge in [0.15, 0.2) is 5.69 Å². The molecule has 4 rings (SSSR count). The van der Waals surface area contributed by atoms with Crippen LogP contribution in [0.4, 0.5) is 5.69 Å². The molecule has 4 aromatic rings. The van der Waals surface area contributed by atoms with Crippen molar-refractivity contribution in [2.45, 2.75) is 32.7 Å². The van der Waals surface area contributed by atoms with Crippen molar-refractivity contribution in [1.29, 1.82) is 0 Å². The molecule has 2 aromatic carbocycles. The van der Waals surface area contributed by atoms with Crippen LogP contribution in [0.1, 0.15) is 46.3 Å². The number of hydrogen-bond donors (Lipinski definition) is 2. The van der Waals surface area contributed by atoms with Gasteiger partial charge in [0.1, 0.15) is 0 Å². The van der Waals surface area contributed by atoms with E-state index in [0.717, 1.165) is 30.6 Å². The molecular weight excluding hydrogens is 458 g/mol. The van der Waals surface area contributed by atoms with E-state index in [0.29, 0.717) is 27.4 Å². The molecule has 2 aromatic heterocycles. The second-order valence-electron chi connectivity index (χ2n) is 7.63. The molecule has 34 heavy (non-hydrogen) atoms. The van der Waals surface area contributed by atoms with E-state index in [2.05, 4.69) is 22.9 Å². The molecule has 0 saturated heterocycles. The number of hydrazine groups is 1. The van der Waals surface area contributed by atoms with Gasteiger partial charge in [-0.1, -0.05) is 38.0 Å². The number of non-ortho nitro benzene ring substituents is 1. The van der Waals surface area contributed by atoms with E-state index in [1.165, 1.54) is 22.9 Å². The Morgan fingerprint density at radius 1 is 1.06 bits per heavy atom. The van der Waals surface area contributed by atoms with Crippen molar-refractivity contribution in [1.82, 2.24) is 20.6 Å². The van der Waals surface area contributed by atoms with Crippen molar-refractivity contribution in [2.75, 3.05) is 0 Å². The number of nitrogens with zero attached hydrogens (tertiary/aromatic N) is 3. The minimum atomic E-state index is -0.662. The van der Waals surface area contributed by atoms with Crippen LogP contribution in [0.2, 0.25) is 0 Å². The maximum absolute atomic E-state index is 12.9. The molecule has 2 N–H and O–H groups in total. The van der Waals surface area contributed by atoms with Crippen molar-refractivity contribution >= 4 is 49.7 Å². The molecule has 0 saturated carbocycles. The number of aryl methyl sites for hydroxylation is 1. The number of carbonyl (C=O) groups is 2. The Bertz CT molecular complexity index is 1480. The van der Waals surface area contributed by atoms with E-state index in [-0.39, 0.29) is 21.8 Å². The van der Waals surface area contributed by atoms with Crippen LogP contribution in [0.3, 0.4) is 0 Å². The molecule has 10 nitrogen and oxygen atoms in total. The van der Waals surface area contributed by atoms with Crippen molar-refractivity contribution in [3.8, 4) is 0 Å². The Hall–Kier alpha value is -4.12. The third-order valence-electron chi connectivity index (χ3n) is 5.28.